The zero-order valence-corrected chi connectivity index (χ0v) is 15.7. The highest BCUT2D eigenvalue weighted by molar-refractivity contribution is 5.97. The minimum Gasteiger partial charge on any atom is -0.399 e. The molecule has 1 aromatic heterocycles. The lowest BCUT2D eigenvalue weighted by Gasteiger charge is -2.35. The van der Waals surface area contributed by atoms with Crippen molar-refractivity contribution < 1.29 is 4.79 Å². The van der Waals surface area contributed by atoms with E-state index in [1.54, 1.807) is 6.07 Å². The average Bonchev–Trinajstić information content (AvgIpc) is 3.07. The number of nitrogens with two attached hydrogens (primary N) is 1. The smallest absolute Gasteiger partial charge is 0.254 e. The van der Waals surface area contributed by atoms with Gasteiger partial charge in [-0.15, -0.1) is 12.4 Å². The van der Waals surface area contributed by atoms with Crippen LogP contribution in [0.5, 0.6) is 0 Å². The number of likely N-dealkylation sites (tertiary alicyclic amines) is 1. The number of rotatable bonds is 2. The van der Waals surface area contributed by atoms with Crippen molar-refractivity contribution in [3.63, 3.8) is 0 Å². The predicted octanol–water partition coefficient (Wildman–Crippen LogP) is 4.85. The maximum absolute atomic E-state index is 13.2. The first kappa shape index (κ1) is 18.3. The quantitative estimate of drug-likeness (QED) is 0.634. The number of nitrogens with zero attached hydrogens (tertiary/aromatic N) is 1. The van der Waals surface area contributed by atoms with E-state index in [1.807, 2.05) is 36.1 Å². The van der Waals surface area contributed by atoms with Gasteiger partial charge < -0.3 is 15.6 Å². The fourth-order valence-corrected chi connectivity index (χ4v) is 3.80. The number of benzene rings is 2. The van der Waals surface area contributed by atoms with Gasteiger partial charge in [0.05, 0.1) is 6.04 Å². The molecule has 4 rings (SSSR count). The maximum atomic E-state index is 13.2. The SMILES string of the molecule is Cc1ccc(N)cc1C(=O)N1CCCCC1c1cc2ccccc2[nH]1.Cl. The molecule has 1 fully saturated rings. The molecule has 1 atom stereocenters. The second-order valence-corrected chi connectivity index (χ2v) is 6.90. The van der Waals surface area contributed by atoms with Crippen LogP contribution in [0, 0.1) is 6.92 Å². The van der Waals surface area contributed by atoms with Gasteiger partial charge in [-0.3, -0.25) is 4.79 Å². The number of aryl methyl sites for hydroxylation is 1. The van der Waals surface area contributed by atoms with Gasteiger partial charge in [-0.25, -0.2) is 0 Å². The summed E-state index contributed by atoms with van der Waals surface area (Å²) in [7, 11) is 0. The number of H-pyrrole nitrogens is 1. The normalized spacial score (nSPS) is 17.1. The van der Waals surface area contributed by atoms with E-state index in [4.69, 9.17) is 5.73 Å². The summed E-state index contributed by atoms with van der Waals surface area (Å²) < 4.78 is 0. The zero-order valence-electron chi connectivity index (χ0n) is 14.9. The molecule has 0 saturated carbocycles. The van der Waals surface area contributed by atoms with Crippen LogP contribution >= 0.6 is 12.4 Å². The summed E-state index contributed by atoms with van der Waals surface area (Å²) in [4.78, 5) is 18.7. The van der Waals surface area contributed by atoms with Crippen LogP contribution in [-0.4, -0.2) is 22.3 Å². The maximum Gasteiger partial charge on any atom is 0.254 e. The van der Waals surface area contributed by atoms with E-state index in [0.29, 0.717) is 11.3 Å². The molecule has 1 saturated heterocycles. The van der Waals surface area contributed by atoms with Crippen molar-refractivity contribution in [3.05, 3.63) is 65.4 Å². The fraction of sp³-hybridized carbons (Fsp3) is 0.286. The first-order valence-corrected chi connectivity index (χ1v) is 8.88. The van der Waals surface area contributed by atoms with Crippen LogP contribution in [-0.2, 0) is 0 Å². The lowest BCUT2D eigenvalue weighted by molar-refractivity contribution is 0.0606. The topological polar surface area (TPSA) is 62.1 Å². The number of nitrogen functional groups attached to an aromatic ring is 1. The van der Waals surface area contributed by atoms with Crippen LogP contribution < -0.4 is 5.73 Å². The van der Waals surface area contributed by atoms with Gasteiger partial charge >= 0.3 is 0 Å². The van der Waals surface area contributed by atoms with E-state index in [0.717, 1.165) is 42.6 Å². The van der Waals surface area contributed by atoms with Gasteiger partial charge in [0.1, 0.15) is 0 Å². The zero-order chi connectivity index (χ0) is 17.4. The third-order valence-electron chi connectivity index (χ3n) is 5.17. The lowest BCUT2D eigenvalue weighted by Crippen LogP contribution is -2.39. The summed E-state index contributed by atoms with van der Waals surface area (Å²) >= 11 is 0. The van der Waals surface area contributed by atoms with Gasteiger partial charge in [0, 0.05) is 29.0 Å². The van der Waals surface area contributed by atoms with E-state index < -0.39 is 0 Å². The largest absolute Gasteiger partial charge is 0.399 e. The number of aromatic amines is 1. The fourth-order valence-electron chi connectivity index (χ4n) is 3.80. The molecule has 1 aliphatic rings. The molecule has 3 aromatic rings. The van der Waals surface area contributed by atoms with E-state index >= 15 is 0 Å². The summed E-state index contributed by atoms with van der Waals surface area (Å²) in [5.41, 5.74) is 10.5. The van der Waals surface area contributed by atoms with Crippen molar-refractivity contribution in [1.29, 1.82) is 0 Å². The Kier molecular flexibility index (Phi) is 5.23. The Morgan fingerprint density at radius 1 is 1.15 bits per heavy atom. The molecule has 2 aromatic carbocycles. The van der Waals surface area contributed by atoms with E-state index in [1.165, 1.54) is 5.39 Å². The summed E-state index contributed by atoms with van der Waals surface area (Å²) in [6, 6.07) is 16.1. The highest BCUT2D eigenvalue weighted by Crippen LogP contribution is 2.34. The Balaban J connectivity index is 0.00000196. The summed E-state index contributed by atoms with van der Waals surface area (Å²) in [5, 5.41) is 1.19. The molecule has 2 heterocycles. The van der Waals surface area contributed by atoms with Crippen LogP contribution in [0.2, 0.25) is 0 Å². The Bertz CT molecular complexity index is 901. The van der Waals surface area contributed by atoms with Gasteiger partial charge in [-0.05, 0) is 61.4 Å². The van der Waals surface area contributed by atoms with Crippen LogP contribution in [0.1, 0.15) is 46.9 Å². The molecule has 4 nitrogen and oxygen atoms in total. The first-order valence-electron chi connectivity index (χ1n) is 8.88. The van der Waals surface area contributed by atoms with Gasteiger partial charge in [0.2, 0.25) is 0 Å². The molecule has 1 amide bonds. The highest BCUT2D eigenvalue weighted by Gasteiger charge is 2.30. The van der Waals surface area contributed by atoms with Crippen molar-refractivity contribution in [2.24, 2.45) is 0 Å². The Morgan fingerprint density at radius 3 is 2.77 bits per heavy atom. The molecule has 136 valence electrons. The van der Waals surface area contributed by atoms with Crippen LogP contribution in [0.4, 0.5) is 5.69 Å². The molecule has 3 N–H and O–H groups in total. The predicted molar refractivity (Wildman–Crippen MR) is 109 cm³/mol. The number of aromatic nitrogens is 1. The lowest BCUT2D eigenvalue weighted by atomic mass is 9.97. The number of para-hydroxylation sites is 1. The van der Waals surface area contributed by atoms with Gasteiger partial charge in [-0.1, -0.05) is 24.3 Å². The van der Waals surface area contributed by atoms with Crippen molar-refractivity contribution in [1.82, 2.24) is 9.88 Å². The Labute approximate surface area is 159 Å². The molecule has 5 heteroatoms. The molecule has 1 aliphatic heterocycles. The molecule has 26 heavy (non-hydrogen) atoms. The Morgan fingerprint density at radius 2 is 1.96 bits per heavy atom. The number of piperidine rings is 1. The minimum atomic E-state index is 0. The number of carbonyl (C=O) groups is 1. The van der Waals surface area contributed by atoms with Gasteiger partial charge in [0.25, 0.3) is 5.91 Å². The number of nitrogens with one attached hydrogen (secondary N) is 1. The molecular weight excluding hydrogens is 346 g/mol. The first-order chi connectivity index (χ1) is 12.1. The number of hydrogen-bond donors (Lipinski definition) is 2. The van der Waals surface area contributed by atoms with E-state index in [9.17, 15) is 4.79 Å². The van der Waals surface area contributed by atoms with Crippen molar-refractivity contribution in [2.75, 3.05) is 12.3 Å². The summed E-state index contributed by atoms with van der Waals surface area (Å²) in [5.74, 6) is 0.0770. The molecule has 0 radical (unpaired) electrons. The highest BCUT2D eigenvalue weighted by atomic mass is 35.5. The van der Waals surface area contributed by atoms with E-state index in [-0.39, 0.29) is 24.4 Å². The van der Waals surface area contributed by atoms with Crippen molar-refractivity contribution in [3.8, 4) is 0 Å². The number of amides is 1. The minimum absolute atomic E-state index is 0. The van der Waals surface area contributed by atoms with Crippen LogP contribution in [0.15, 0.2) is 48.5 Å². The van der Waals surface area contributed by atoms with Crippen molar-refractivity contribution >= 4 is 34.9 Å². The van der Waals surface area contributed by atoms with Gasteiger partial charge in [0.15, 0.2) is 0 Å². The number of halogens is 1. The molecular formula is C21H24ClN3O. The average molecular weight is 370 g/mol. The third-order valence-corrected chi connectivity index (χ3v) is 5.17. The van der Waals surface area contributed by atoms with Crippen molar-refractivity contribution in [2.45, 2.75) is 32.2 Å². The summed E-state index contributed by atoms with van der Waals surface area (Å²) in [6.07, 6.45) is 3.17. The monoisotopic (exact) mass is 369 g/mol. The number of fused-ring (bicyclic) bond motifs is 1. The number of hydrogen-bond acceptors (Lipinski definition) is 2. The molecule has 0 spiro atoms. The van der Waals surface area contributed by atoms with E-state index in [2.05, 4.69) is 23.2 Å². The molecule has 0 aliphatic carbocycles. The number of carbonyl (C=O) groups excluding carboxylic acids is 1. The van der Waals surface area contributed by atoms with Crippen LogP contribution in [0.3, 0.4) is 0 Å². The molecule has 0 bridgehead atoms. The molecule has 1 unspecified atom stereocenters. The van der Waals surface area contributed by atoms with Gasteiger partial charge in [-0.2, -0.15) is 0 Å². The number of anilines is 1. The second kappa shape index (κ2) is 7.42. The van der Waals surface area contributed by atoms with Crippen LogP contribution in [0.25, 0.3) is 10.9 Å². The summed E-state index contributed by atoms with van der Waals surface area (Å²) in [6.45, 7) is 2.75. The Hall–Kier alpha value is -2.46. The third kappa shape index (κ3) is 3.29. The standard InChI is InChI=1S/C21H23N3O.ClH/c1-14-9-10-16(22)13-17(14)21(25)24-11-5-4-8-20(24)19-12-15-6-2-3-7-18(15)23-19;/h2-3,6-7,9-10,12-13,20,23H,4-5,8,11,22H2,1H3;1H. The second-order valence-electron chi connectivity index (χ2n) is 6.90.